The molecule has 0 aliphatic rings. The fourth-order valence-electron chi connectivity index (χ4n) is 18.1. The molecule has 16 aromatic rings. The standard InChI is InChI=1S/C31H34N.C26H32N.C25H30N.C22H24N.C21H22N/c1-19-13-23(5)31(24(6)14-19)29-17-30(32(8)18-25(29)7)28-16-27(21(3)15-22(28)4)26-12-10-9-11-20(26)2;1-18-8-11-21(12-9-18)22-13-10-19(2)24(14-22)25-15-23(16-26(4,5)6)20(3)17-27(25)7;1-18-7-10-21(11-8-18)22-12-9-19(2)23(16-22)24-15-20(13-14-26(24)6)17-25(3,4)5;1-15-6-9-19(10-7-15)20-11-8-16(2)21(13-20)22-12-17(3)18(4)14-23(22)5;1-15-5-8-18(9-6-15)19-10-7-17(3)20(14-19)21-13-16(2)11-12-22(21)4/h9-18H,1-8H3;8-15,17H,16H2,1-7H3;7-16H,17H2,1-6H3;6-14H,1-5H3;5-14H,1-4H3/q5*+1. The van der Waals surface area contributed by atoms with Crippen molar-refractivity contribution in [3.63, 3.8) is 0 Å². The van der Waals surface area contributed by atoms with E-state index in [2.05, 4.69) is 523 Å². The van der Waals surface area contributed by atoms with Gasteiger partial charge in [0.2, 0.25) is 28.5 Å². The molecule has 0 aliphatic heterocycles. The average molecular weight is 1710 g/mol. The van der Waals surface area contributed by atoms with E-state index < -0.39 is 0 Å². The summed E-state index contributed by atoms with van der Waals surface area (Å²) in [7, 11) is 10.7. The second-order valence-electron chi connectivity index (χ2n) is 39.8. The topological polar surface area (TPSA) is 19.4 Å². The lowest BCUT2D eigenvalue weighted by atomic mass is 9.86. The van der Waals surface area contributed by atoms with E-state index in [9.17, 15) is 0 Å². The van der Waals surface area contributed by atoms with Gasteiger partial charge in [0.25, 0.3) is 0 Å². The van der Waals surface area contributed by atoms with Gasteiger partial charge in [-0.05, 0) is 325 Å². The Morgan fingerprint density at radius 1 is 0.192 bits per heavy atom. The number of aryl methyl sites for hydroxylation is 24. The van der Waals surface area contributed by atoms with E-state index in [4.69, 9.17) is 0 Å². The van der Waals surface area contributed by atoms with Gasteiger partial charge in [0, 0.05) is 87.0 Å². The molecule has 0 saturated carbocycles. The van der Waals surface area contributed by atoms with Gasteiger partial charge in [-0.1, -0.05) is 257 Å². The van der Waals surface area contributed by atoms with E-state index in [-0.39, 0.29) is 10.8 Å². The first kappa shape index (κ1) is 96.3. The molecular weight excluding hydrogens is 1570 g/mol. The van der Waals surface area contributed by atoms with E-state index >= 15 is 0 Å². The highest BCUT2D eigenvalue weighted by atomic mass is 14.9. The Bertz CT molecular complexity index is 6750. The van der Waals surface area contributed by atoms with Crippen molar-refractivity contribution >= 4 is 0 Å². The van der Waals surface area contributed by atoms with Crippen LogP contribution in [0, 0.1) is 142 Å². The van der Waals surface area contributed by atoms with Gasteiger partial charge in [-0.3, -0.25) is 0 Å². The predicted octanol–water partition coefficient (Wildman–Crippen LogP) is 29.9. The van der Waals surface area contributed by atoms with Crippen molar-refractivity contribution in [3.05, 3.63) is 409 Å². The van der Waals surface area contributed by atoms with Gasteiger partial charge in [-0.15, -0.1) is 0 Å². The zero-order valence-electron chi connectivity index (χ0n) is 83.9. The maximum atomic E-state index is 2.39. The number of nitrogens with zero attached hydrogens (tertiary/aromatic N) is 5. The van der Waals surface area contributed by atoms with Crippen LogP contribution in [0.4, 0.5) is 0 Å². The molecule has 662 valence electrons. The number of hydrogen-bond acceptors (Lipinski definition) is 0. The molecule has 0 aliphatic carbocycles. The van der Waals surface area contributed by atoms with Crippen molar-refractivity contribution in [2.24, 2.45) is 46.1 Å². The molecule has 0 unspecified atom stereocenters. The number of benzene rings is 11. The summed E-state index contributed by atoms with van der Waals surface area (Å²) in [4.78, 5) is 0. The number of pyridine rings is 5. The normalized spacial score (nSPS) is 11.2. The molecule has 16 rings (SSSR count). The quantitative estimate of drug-likeness (QED) is 0.103. The molecule has 5 aromatic heterocycles. The van der Waals surface area contributed by atoms with E-state index in [1.54, 1.807) is 0 Å². The van der Waals surface area contributed by atoms with Crippen molar-refractivity contribution < 1.29 is 22.8 Å². The van der Waals surface area contributed by atoms with Gasteiger partial charge in [-0.2, -0.15) is 0 Å². The third-order valence-electron chi connectivity index (χ3n) is 25.6. The summed E-state index contributed by atoms with van der Waals surface area (Å²) >= 11 is 0. The van der Waals surface area contributed by atoms with Crippen molar-refractivity contribution in [2.45, 2.75) is 186 Å². The third-order valence-corrected chi connectivity index (χ3v) is 25.6. The minimum absolute atomic E-state index is 0.279. The van der Waals surface area contributed by atoms with Crippen LogP contribution < -0.4 is 22.8 Å². The van der Waals surface area contributed by atoms with Crippen LogP contribution in [0.25, 0.3) is 123 Å². The number of aromatic nitrogens is 5. The molecule has 11 aromatic carbocycles. The van der Waals surface area contributed by atoms with Crippen LogP contribution in [0.5, 0.6) is 0 Å². The van der Waals surface area contributed by atoms with Gasteiger partial charge in [0.1, 0.15) is 35.2 Å². The highest BCUT2D eigenvalue weighted by Gasteiger charge is 2.26. The lowest BCUT2D eigenvalue weighted by Crippen LogP contribution is -2.32. The Hall–Kier alpha value is -12.8. The van der Waals surface area contributed by atoms with Crippen molar-refractivity contribution in [3.8, 4) is 123 Å². The van der Waals surface area contributed by atoms with Crippen LogP contribution in [0.3, 0.4) is 0 Å². The SMILES string of the molecule is Cc1cc(C)c(-c2cc(-c3cc(-c4ccccc4C)c(C)cc3C)[n+](C)cc2C)c(C)c1.Cc1ccc(-c2ccc(C)c(-c3cc(C)c(C)c[n+]3C)c2)cc1.Cc1ccc(-c2ccc(C)c(-c3cc(C)cc[n+]3C)c2)cc1.Cc1ccc(-c2ccc(C)c(-c3cc(CC(C)(C)C)c(C)c[n+]3C)c2)cc1.Cc1ccc(-c2ccc(C)c(-c3cc(CC(C)(C)C)cc[n+]3C)c2)cc1. The predicted molar refractivity (Wildman–Crippen MR) is 554 cm³/mol. The Balaban J connectivity index is 0.000000148. The Labute approximate surface area is 781 Å². The molecule has 0 fully saturated rings. The average Bonchev–Trinajstić information content (AvgIpc) is 0.754. The van der Waals surface area contributed by atoms with Gasteiger partial charge in [-0.25, -0.2) is 22.8 Å². The first-order valence-electron chi connectivity index (χ1n) is 46.4. The van der Waals surface area contributed by atoms with Crippen LogP contribution in [-0.4, -0.2) is 0 Å². The van der Waals surface area contributed by atoms with Crippen LogP contribution in [0.15, 0.2) is 292 Å². The molecule has 130 heavy (non-hydrogen) atoms. The van der Waals surface area contributed by atoms with Crippen LogP contribution in [-0.2, 0) is 48.1 Å². The Morgan fingerprint density at radius 3 is 0.946 bits per heavy atom. The van der Waals surface area contributed by atoms with Gasteiger partial charge in [0.05, 0.1) is 0 Å². The summed E-state index contributed by atoms with van der Waals surface area (Å²) in [6, 6.07) is 96.1. The minimum Gasteiger partial charge on any atom is -0.201 e. The van der Waals surface area contributed by atoms with E-state index in [1.165, 1.54) is 240 Å². The molecule has 0 saturated heterocycles. The fraction of sp³-hybridized carbons (Fsp3) is 0.272. The van der Waals surface area contributed by atoms with Gasteiger partial charge >= 0.3 is 0 Å². The lowest BCUT2D eigenvalue weighted by molar-refractivity contribution is -0.660. The Kier molecular flexibility index (Phi) is 30.6. The van der Waals surface area contributed by atoms with E-state index in [0.717, 1.165) is 12.8 Å². The molecule has 5 heteroatoms. The molecular formula is C125H142N5+5. The van der Waals surface area contributed by atoms with Crippen LogP contribution in [0.2, 0.25) is 0 Å². The summed E-state index contributed by atoms with van der Waals surface area (Å²) in [6.07, 6.45) is 13.2. The van der Waals surface area contributed by atoms with Crippen LogP contribution in [0.1, 0.15) is 158 Å². The smallest absolute Gasteiger partial charge is 0.201 e. The molecule has 0 atom stereocenters. The second kappa shape index (κ2) is 41.3. The molecule has 5 heterocycles. The summed E-state index contributed by atoms with van der Waals surface area (Å²) in [5, 5.41) is 0. The van der Waals surface area contributed by atoms with Gasteiger partial charge in [0.15, 0.2) is 31.0 Å². The highest BCUT2D eigenvalue weighted by Crippen LogP contribution is 2.40. The molecule has 0 N–H and O–H groups in total. The molecule has 0 bridgehead atoms. The molecule has 0 radical (unpaired) electrons. The van der Waals surface area contributed by atoms with Crippen molar-refractivity contribution in [1.82, 2.24) is 0 Å². The number of hydrogen-bond donors (Lipinski definition) is 0. The summed E-state index contributed by atoms with van der Waals surface area (Å²) < 4.78 is 11.2. The maximum Gasteiger partial charge on any atom is 0.213 e. The fourth-order valence-corrected chi connectivity index (χ4v) is 18.1. The summed E-state index contributed by atoms with van der Waals surface area (Å²) in [6.45, 7) is 55.3. The minimum atomic E-state index is 0.279. The summed E-state index contributed by atoms with van der Waals surface area (Å²) in [5.74, 6) is 0. The molecule has 5 nitrogen and oxygen atoms in total. The zero-order valence-corrected chi connectivity index (χ0v) is 83.9. The molecule has 0 amide bonds. The first-order valence-corrected chi connectivity index (χ1v) is 46.4. The lowest BCUT2D eigenvalue weighted by Gasteiger charge is -2.19. The maximum absolute atomic E-state index is 2.39. The van der Waals surface area contributed by atoms with Crippen LogP contribution >= 0.6 is 0 Å². The van der Waals surface area contributed by atoms with E-state index in [1.807, 2.05) is 0 Å². The largest absolute Gasteiger partial charge is 0.213 e. The monoisotopic (exact) mass is 1710 g/mol. The summed E-state index contributed by atoms with van der Waals surface area (Å²) in [5.41, 5.74) is 56.6. The molecule has 0 spiro atoms. The second-order valence-corrected chi connectivity index (χ2v) is 39.8. The highest BCUT2D eigenvalue weighted by molar-refractivity contribution is 5.83. The van der Waals surface area contributed by atoms with E-state index in [0.29, 0.717) is 0 Å². The Morgan fingerprint density at radius 2 is 0.531 bits per heavy atom. The van der Waals surface area contributed by atoms with Crippen molar-refractivity contribution in [1.29, 1.82) is 0 Å². The third kappa shape index (κ3) is 24.0. The van der Waals surface area contributed by atoms with Crippen molar-refractivity contribution in [2.75, 3.05) is 0 Å². The first-order chi connectivity index (χ1) is 61.5. The zero-order chi connectivity index (χ0) is 94.1. The van der Waals surface area contributed by atoms with Gasteiger partial charge < -0.3 is 0 Å². The number of rotatable bonds is 13.